The summed E-state index contributed by atoms with van der Waals surface area (Å²) in [5, 5.41) is 9.30. The van der Waals surface area contributed by atoms with Gasteiger partial charge < -0.3 is 14.6 Å². The van der Waals surface area contributed by atoms with E-state index in [1.54, 1.807) is 18.4 Å². The summed E-state index contributed by atoms with van der Waals surface area (Å²) >= 11 is 1.63. The smallest absolute Gasteiger partial charge is 0.119 e. The van der Waals surface area contributed by atoms with E-state index in [0.717, 1.165) is 29.2 Å². The molecule has 2 heterocycles. The fourth-order valence-electron chi connectivity index (χ4n) is 2.70. The maximum Gasteiger partial charge on any atom is 0.119 e. The quantitative estimate of drug-likeness (QED) is 0.943. The number of fused-ring (bicyclic) bond motifs is 1. The highest BCUT2D eigenvalue weighted by Gasteiger charge is 2.25. The molecule has 0 amide bonds. The largest absolute Gasteiger partial charge is 0.497 e. The molecule has 0 bridgehead atoms. The topological polar surface area (TPSA) is 38.7 Å². The zero-order valence-electron chi connectivity index (χ0n) is 11.7. The first-order valence-corrected chi connectivity index (χ1v) is 7.53. The fraction of sp³-hybridized carbons (Fsp3) is 0.375. The highest BCUT2D eigenvalue weighted by atomic mass is 32.1. The lowest BCUT2D eigenvalue weighted by Gasteiger charge is -2.26. The molecule has 3 nitrogen and oxygen atoms in total. The molecule has 2 aromatic rings. The van der Waals surface area contributed by atoms with E-state index >= 15 is 0 Å². The molecule has 3 rings (SSSR count). The average Bonchev–Trinajstić information content (AvgIpc) is 2.87. The second kappa shape index (κ2) is 5.56. The van der Waals surface area contributed by atoms with Crippen LogP contribution in [0.25, 0.3) is 0 Å². The Labute approximate surface area is 122 Å². The molecule has 1 aromatic carbocycles. The van der Waals surface area contributed by atoms with Gasteiger partial charge in [-0.25, -0.2) is 0 Å². The van der Waals surface area contributed by atoms with Crippen molar-refractivity contribution >= 4 is 11.3 Å². The number of methoxy groups -OCH3 is 1. The van der Waals surface area contributed by atoms with Crippen molar-refractivity contribution < 1.29 is 14.6 Å². The van der Waals surface area contributed by atoms with Gasteiger partial charge in [0.15, 0.2) is 0 Å². The zero-order valence-corrected chi connectivity index (χ0v) is 12.5. The SMILES string of the molecule is COc1ccc2c(c1)C(c1cc(CO)sc1C)OCC2. The van der Waals surface area contributed by atoms with Gasteiger partial charge >= 0.3 is 0 Å². The van der Waals surface area contributed by atoms with Crippen molar-refractivity contribution in [3.8, 4) is 5.75 Å². The molecular formula is C16H18O3S. The van der Waals surface area contributed by atoms with Crippen LogP contribution in [-0.2, 0) is 17.8 Å². The molecule has 0 saturated carbocycles. The predicted molar refractivity (Wildman–Crippen MR) is 79.5 cm³/mol. The zero-order chi connectivity index (χ0) is 14.1. The molecule has 0 spiro atoms. The number of hydrogen-bond acceptors (Lipinski definition) is 4. The number of aryl methyl sites for hydroxylation is 1. The summed E-state index contributed by atoms with van der Waals surface area (Å²) < 4.78 is 11.3. The van der Waals surface area contributed by atoms with Crippen LogP contribution >= 0.6 is 11.3 Å². The van der Waals surface area contributed by atoms with E-state index < -0.39 is 0 Å². The number of hydrogen-bond donors (Lipinski definition) is 1. The monoisotopic (exact) mass is 290 g/mol. The molecule has 0 aliphatic carbocycles. The van der Waals surface area contributed by atoms with Crippen molar-refractivity contribution in [2.24, 2.45) is 0 Å². The first kappa shape index (κ1) is 13.6. The molecule has 0 fully saturated rings. The van der Waals surface area contributed by atoms with Gasteiger partial charge in [0.05, 0.1) is 20.3 Å². The third-order valence-electron chi connectivity index (χ3n) is 3.74. The first-order chi connectivity index (χ1) is 9.72. The average molecular weight is 290 g/mol. The molecule has 1 unspecified atom stereocenters. The Morgan fingerprint density at radius 2 is 2.20 bits per heavy atom. The van der Waals surface area contributed by atoms with Crippen molar-refractivity contribution in [2.45, 2.75) is 26.1 Å². The van der Waals surface area contributed by atoms with Gasteiger partial charge in [0.1, 0.15) is 11.9 Å². The number of ether oxygens (including phenoxy) is 2. The molecule has 1 aromatic heterocycles. The van der Waals surface area contributed by atoms with Crippen molar-refractivity contribution in [3.63, 3.8) is 0 Å². The summed E-state index contributed by atoms with van der Waals surface area (Å²) in [7, 11) is 1.68. The first-order valence-electron chi connectivity index (χ1n) is 6.71. The Bertz CT molecular complexity index is 618. The van der Waals surface area contributed by atoms with E-state index in [-0.39, 0.29) is 12.7 Å². The van der Waals surface area contributed by atoms with Gasteiger partial charge in [0.25, 0.3) is 0 Å². The Hall–Kier alpha value is -1.36. The number of aliphatic hydroxyl groups excluding tert-OH is 1. The van der Waals surface area contributed by atoms with Crippen LogP contribution in [0, 0.1) is 6.92 Å². The summed E-state index contributed by atoms with van der Waals surface area (Å²) in [5.41, 5.74) is 3.66. The minimum Gasteiger partial charge on any atom is -0.497 e. The Balaban J connectivity index is 2.06. The van der Waals surface area contributed by atoms with E-state index in [1.807, 2.05) is 6.07 Å². The fourth-order valence-corrected chi connectivity index (χ4v) is 3.63. The van der Waals surface area contributed by atoms with E-state index in [1.165, 1.54) is 16.0 Å². The third kappa shape index (κ3) is 2.35. The molecule has 1 aliphatic rings. The van der Waals surface area contributed by atoms with Crippen LogP contribution < -0.4 is 4.74 Å². The summed E-state index contributed by atoms with van der Waals surface area (Å²) in [6, 6.07) is 8.24. The standard InChI is InChI=1S/C16H18O3S/c1-10-14(8-13(9-17)20-10)16-15-7-12(18-2)4-3-11(15)5-6-19-16/h3-4,7-8,16-17H,5-6,9H2,1-2H3. The molecule has 4 heteroatoms. The van der Waals surface area contributed by atoms with Gasteiger partial charge in [-0.3, -0.25) is 0 Å². The van der Waals surface area contributed by atoms with Gasteiger partial charge in [0, 0.05) is 9.75 Å². The van der Waals surface area contributed by atoms with E-state index in [0.29, 0.717) is 0 Å². The lowest BCUT2D eigenvalue weighted by molar-refractivity contribution is 0.0695. The molecule has 106 valence electrons. The summed E-state index contributed by atoms with van der Waals surface area (Å²) in [5.74, 6) is 0.856. The highest BCUT2D eigenvalue weighted by Crippen LogP contribution is 2.38. The highest BCUT2D eigenvalue weighted by molar-refractivity contribution is 7.12. The minimum absolute atomic E-state index is 0.0506. The molecule has 1 atom stereocenters. The van der Waals surface area contributed by atoms with Crippen LogP contribution in [-0.4, -0.2) is 18.8 Å². The number of aliphatic hydroxyl groups is 1. The van der Waals surface area contributed by atoms with E-state index in [4.69, 9.17) is 9.47 Å². The number of rotatable bonds is 3. The number of benzene rings is 1. The Morgan fingerprint density at radius 1 is 1.35 bits per heavy atom. The third-order valence-corrected chi connectivity index (χ3v) is 4.79. The van der Waals surface area contributed by atoms with Gasteiger partial charge in [-0.2, -0.15) is 0 Å². The molecule has 0 radical (unpaired) electrons. The maximum absolute atomic E-state index is 9.30. The second-order valence-electron chi connectivity index (χ2n) is 4.95. The summed E-state index contributed by atoms with van der Waals surface area (Å²) in [6.07, 6.45) is 0.886. The lowest BCUT2D eigenvalue weighted by atomic mass is 9.93. The number of thiophene rings is 1. The van der Waals surface area contributed by atoms with Crippen molar-refractivity contribution in [3.05, 3.63) is 50.7 Å². The van der Waals surface area contributed by atoms with Crippen molar-refractivity contribution in [2.75, 3.05) is 13.7 Å². The van der Waals surface area contributed by atoms with Crippen molar-refractivity contribution in [1.82, 2.24) is 0 Å². The second-order valence-corrected chi connectivity index (χ2v) is 6.29. The molecule has 1 N–H and O–H groups in total. The van der Waals surface area contributed by atoms with Crippen LogP contribution in [0.15, 0.2) is 24.3 Å². The van der Waals surface area contributed by atoms with Crippen molar-refractivity contribution in [1.29, 1.82) is 0 Å². The van der Waals surface area contributed by atoms with Gasteiger partial charge in [-0.05, 0) is 48.2 Å². The Morgan fingerprint density at radius 3 is 2.90 bits per heavy atom. The predicted octanol–water partition coefficient (Wildman–Crippen LogP) is 3.22. The molecule has 20 heavy (non-hydrogen) atoms. The van der Waals surface area contributed by atoms with Crippen LogP contribution in [0.4, 0.5) is 0 Å². The molecular weight excluding hydrogens is 272 g/mol. The van der Waals surface area contributed by atoms with Crippen LogP contribution in [0.5, 0.6) is 5.75 Å². The van der Waals surface area contributed by atoms with Crippen LogP contribution in [0.2, 0.25) is 0 Å². The van der Waals surface area contributed by atoms with Crippen LogP contribution in [0.3, 0.4) is 0 Å². The normalized spacial score (nSPS) is 17.9. The minimum atomic E-state index is -0.0506. The maximum atomic E-state index is 9.30. The summed E-state index contributed by atoms with van der Waals surface area (Å²) in [4.78, 5) is 2.19. The van der Waals surface area contributed by atoms with Gasteiger partial charge in [-0.1, -0.05) is 6.07 Å². The van der Waals surface area contributed by atoms with Crippen LogP contribution in [0.1, 0.15) is 32.5 Å². The lowest BCUT2D eigenvalue weighted by Crippen LogP contribution is -2.17. The summed E-state index contributed by atoms with van der Waals surface area (Å²) in [6.45, 7) is 2.90. The van der Waals surface area contributed by atoms with Gasteiger partial charge in [0.2, 0.25) is 0 Å². The molecule has 0 saturated heterocycles. The van der Waals surface area contributed by atoms with E-state index in [2.05, 4.69) is 25.1 Å². The van der Waals surface area contributed by atoms with E-state index in [9.17, 15) is 5.11 Å². The molecule has 1 aliphatic heterocycles. The Kier molecular flexibility index (Phi) is 3.78. The van der Waals surface area contributed by atoms with Gasteiger partial charge in [-0.15, -0.1) is 11.3 Å².